The minimum atomic E-state index is -2.17. The van der Waals surface area contributed by atoms with Gasteiger partial charge in [-0.1, -0.05) is 6.08 Å². The molecule has 0 fully saturated rings. The molecular formula is C10H23BO5. The summed E-state index contributed by atoms with van der Waals surface area (Å²) in [5.74, 6) is 0. The molecule has 6 heteroatoms. The standard InChI is InChI=1S/C10H20O2.BH3O3/c1-5-6-7-8-10(4,12)9(2,3)11;2-1(3)4/h5,11-12H,1,6-8H2,2-4H3;2-4H. The Hall–Kier alpha value is -0.395. The Morgan fingerprint density at radius 1 is 1.12 bits per heavy atom. The Labute approximate surface area is 97.2 Å². The van der Waals surface area contributed by atoms with Crippen LogP contribution >= 0.6 is 0 Å². The zero-order chi connectivity index (χ0) is 13.4. The van der Waals surface area contributed by atoms with Crippen molar-refractivity contribution in [3.05, 3.63) is 12.7 Å². The van der Waals surface area contributed by atoms with E-state index >= 15 is 0 Å². The van der Waals surface area contributed by atoms with Gasteiger partial charge in [-0.15, -0.1) is 6.58 Å². The Morgan fingerprint density at radius 3 is 1.75 bits per heavy atom. The molecule has 96 valence electrons. The fourth-order valence-electron chi connectivity index (χ4n) is 0.897. The van der Waals surface area contributed by atoms with Crippen molar-refractivity contribution in [2.45, 2.75) is 51.2 Å². The first kappa shape index (κ1) is 18.0. The highest BCUT2D eigenvalue weighted by Crippen LogP contribution is 2.26. The predicted molar refractivity (Wildman–Crippen MR) is 63.4 cm³/mol. The van der Waals surface area contributed by atoms with Gasteiger partial charge in [0.1, 0.15) is 0 Å². The first-order valence-electron chi connectivity index (χ1n) is 5.14. The van der Waals surface area contributed by atoms with Gasteiger partial charge in [-0.05, 0) is 40.0 Å². The van der Waals surface area contributed by atoms with Crippen LogP contribution in [-0.4, -0.2) is 43.8 Å². The van der Waals surface area contributed by atoms with Gasteiger partial charge in [0.25, 0.3) is 0 Å². The smallest absolute Gasteiger partial charge is 0.402 e. The van der Waals surface area contributed by atoms with Crippen molar-refractivity contribution in [1.29, 1.82) is 0 Å². The van der Waals surface area contributed by atoms with Crippen LogP contribution in [0.3, 0.4) is 0 Å². The summed E-state index contributed by atoms with van der Waals surface area (Å²) < 4.78 is 0. The lowest BCUT2D eigenvalue weighted by molar-refractivity contribution is -0.124. The Balaban J connectivity index is 0. The Bertz CT molecular complexity index is 183. The molecule has 0 spiro atoms. The van der Waals surface area contributed by atoms with Crippen LogP contribution in [0.1, 0.15) is 40.0 Å². The number of allylic oxidation sites excluding steroid dienone is 1. The molecule has 0 aromatic rings. The summed E-state index contributed by atoms with van der Waals surface area (Å²) in [6.07, 6.45) is 4.16. The van der Waals surface area contributed by atoms with Crippen LogP contribution in [-0.2, 0) is 0 Å². The van der Waals surface area contributed by atoms with Crippen molar-refractivity contribution in [2.75, 3.05) is 0 Å². The van der Waals surface area contributed by atoms with Crippen LogP contribution in [0.2, 0.25) is 0 Å². The largest absolute Gasteiger partial charge is 0.631 e. The average Bonchev–Trinajstić information content (AvgIpc) is 2.01. The van der Waals surface area contributed by atoms with Gasteiger partial charge < -0.3 is 25.3 Å². The highest BCUT2D eigenvalue weighted by atomic mass is 16.5. The summed E-state index contributed by atoms with van der Waals surface area (Å²) >= 11 is 0. The van der Waals surface area contributed by atoms with E-state index in [4.69, 9.17) is 15.1 Å². The van der Waals surface area contributed by atoms with Crippen LogP contribution < -0.4 is 0 Å². The summed E-state index contributed by atoms with van der Waals surface area (Å²) in [5.41, 5.74) is -2.04. The van der Waals surface area contributed by atoms with Crippen molar-refractivity contribution >= 4 is 7.32 Å². The van der Waals surface area contributed by atoms with E-state index in [0.717, 1.165) is 12.8 Å². The van der Waals surface area contributed by atoms with Gasteiger partial charge in [0.05, 0.1) is 11.2 Å². The topological polar surface area (TPSA) is 101 Å². The molecule has 0 amide bonds. The summed E-state index contributed by atoms with van der Waals surface area (Å²) in [5, 5.41) is 40.9. The lowest BCUT2D eigenvalue weighted by Gasteiger charge is -2.35. The molecule has 0 aliphatic carbocycles. The average molecular weight is 234 g/mol. The second-order valence-corrected chi connectivity index (χ2v) is 4.36. The maximum Gasteiger partial charge on any atom is 0.631 e. The van der Waals surface area contributed by atoms with E-state index in [0.29, 0.717) is 6.42 Å². The molecule has 5 nitrogen and oxygen atoms in total. The third-order valence-electron chi connectivity index (χ3n) is 2.39. The number of unbranched alkanes of at least 4 members (excludes halogenated alkanes) is 1. The van der Waals surface area contributed by atoms with E-state index in [1.807, 2.05) is 6.08 Å². The molecule has 0 rings (SSSR count). The van der Waals surface area contributed by atoms with E-state index in [-0.39, 0.29) is 0 Å². The third-order valence-corrected chi connectivity index (χ3v) is 2.39. The summed E-state index contributed by atoms with van der Waals surface area (Å²) in [4.78, 5) is 0. The number of rotatable bonds is 5. The normalized spacial score (nSPS) is 14.5. The summed E-state index contributed by atoms with van der Waals surface area (Å²) in [7, 11) is -2.17. The first-order valence-corrected chi connectivity index (χ1v) is 5.14. The zero-order valence-electron chi connectivity index (χ0n) is 10.2. The number of hydrogen-bond donors (Lipinski definition) is 5. The summed E-state index contributed by atoms with van der Waals surface area (Å²) in [6, 6.07) is 0. The van der Waals surface area contributed by atoms with Gasteiger partial charge in [-0.25, -0.2) is 0 Å². The molecule has 0 aliphatic heterocycles. The van der Waals surface area contributed by atoms with Crippen molar-refractivity contribution in [2.24, 2.45) is 0 Å². The molecule has 1 atom stereocenters. The monoisotopic (exact) mass is 234 g/mol. The molecular weight excluding hydrogens is 211 g/mol. The molecule has 5 N–H and O–H groups in total. The van der Waals surface area contributed by atoms with Crippen LogP contribution in [0, 0.1) is 0 Å². The molecule has 0 heterocycles. The van der Waals surface area contributed by atoms with E-state index < -0.39 is 18.5 Å². The van der Waals surface area contributed by atoms with Crippen molar-refractivity contribution in [1.82, 2.24) is 0 Å². The van der Waals surface area contributed by atoms with Crippen LogP contribution in [0.25, 0.3) is 0 Å². The van der Waals surface area contributed by atoms with Crippen LogP contribution in [0.5, 0.6) is 0 Å². The van der Waals surface area contributed by atoms with Gasteiger partial charge in [0.15, 0.2) is 0 Å². The highest BCUT2D eigenvalue weighted by molar-refractivity contribution is 6.30. The molecule has 0 saturated heterocycles. The molecule has 16 heavy (non-hydrogen) atoms. The quantitative estimate of drug-likeness (QED) is 0.258. The maximum atomic E-state index is 9.79. The molecule has 0 radical (unpaired) electrons. The van der Waals surface area contributed by atoms with Crippen LogP contribution in [0.15, 0.2) is 12.7 Å². The van der Waals surface area contributed by atoms with Crippen LogP contribution in [0.4, 0.5) is 0 Å². The second-order valence-electron chi connectivity index (χ2n) is 4.36. The maximum absolute atomic E-state index is 9.79. The van der Waals surface area contributed by atoms with Gasteiger partial charge in [-0.3, -0.25) is 0 Å². The van der Waals surface area contributed by atoms with Crippen molar-refractivity contribution in [3.63, 3.8) is 0 Å². The predicted octanol–water partition coefficient (Wildman–Crippen LogP) is -0.187. The zero-order valence-corrected chi connectivity index (χ0v) is 10.2. The van der Waals surface area contributed by atoms with E-state index in [2.05, 4.69) is 6.58 Å². The molecule has 0 aromatic heterocycles. The van der Waals surface area contributed by atoms with Gasteiger partial charge in [0, 0.05) is 0 Å². The minimum absolute atomic E-state index is 0.600. The fraction of sp³-hybridized carbons (Fsp3) is 0.800. The molecule has 0 bridgehead atoms. The molecule has 1 unspecified atom stereocenters. The van der Waals surface area contributed by atoms with E-state index in [1.165, 1.54) is 0 Å². The van der Waals surface area contributed by atoms with Gasteiger partial charge in [0.2, 0.25) is 0 Å². The fourth-order valence-corrected chi connectivity index (χ4v) is 0.897. The number of hydrogen-bond acceptors (Lipinski definition) is 5. The lowest BCUT2D eigenvalue weighted by Crippen LogP contribution is -2.47. The molecule has 0 saturated carbocycles. The van der Waals surface area contributed by atoms with Crippen molar-refractivity contribution in [3.8, 4) is 0 Å². The Morgan fingerprint density at radius 2 is 1.50 bits per heavy atom. The first-order chi connectivity index (χ1) is 7.04. The van der Waals surface area contributed by atoms with E-state index in [9.17, 15) is 10.2 Å². The third kappa shape index (κ3) is 10.1. The van der Waals surface area contributed by atoms with Gasteiger partial charge >= 0.3 is 7.32 Å². The minimum Gasteiger partial charge on any atom is -0.402 e. The van der Waals surface area contributed by atoms with Gasteiger partial charge in [-0.2, -0.15) is 0 Å². The lowest BCUT2D eigenvalue weighted by atomic mass is 9.83. The highest BCUT2D eigenvalue weighted by Gasteiger charge is 2.36. The second kappa shape index (κ2) is 7.81. The number of aliphatic hydroxyl groups is 2. The SMILES string of the molecule is C=CCCCC(C)(O)C(C)(C)O.OB(O)O. The summed E-state index contributed by atoms with van der Waals surface area (Å²) in [6.45, 7) is 8.51. The van der Waals surface area contributed by atoms with Crippen molar-refractivity contribution < 1.29 is 25.3 Å². The molecule has 0 aliphatic rings. The Kier molecular flexibility index (Phi) is 8.78. The molecule has 0 aromatic carbocycles. The van der Waals surface area contributed by atoms with E-state index in [1.54, 1.807) is 20.8 Å².